The Morgan fingerprint density at radius 1 is 1.15 bits per heavy atom. The summed E-state index contributed by atoms with van der Waals surface area (Å²) in [6, 6.07) is 10.7. The molecule has 1 aliphatic heterocycles. The van der Waals surface area contributed by atoms with Crippen LogP contribution < -0.4 is 15.4 Å². The number of methoxy groups -OCH3 is 1. The summed E-state index contributed by atoms with van der Waals surface area (Å²) in [5.41, 5.74) is 9.87. The van der Waals surface area contributed by atoms with Crippen LogP contribution in [-0.2, 0) is 13.0 Å². The summed E-state index contributed by atoms with van der Waals surface area (Å²) >= 11 is 0. The van der Waals surface area contributed by atoms with E-state index in [4.69, 9.17) is 10.5 Å². The van der Waals surface area contributed by atoms with Crippen LogP contribution >= 0.6 is 0 Å². The number of rotatable bonds is 2. The largest absolute Gasteiger partial charge is 0.497 e. The van der Waals surface area contributed by atoms with Crippen LogP contribution in [0.4, 0.5) is 15.8 Å². The van der Waals surface area contributed by atoms with Gasteiger partial charge in [0.2, 0.25) is 0 Å². The average molecular weight is 272 g/mol. The van der Waals surface area contributed by atoms with E-state index in [1.807, 2.05) is 6.07 Å². The first kappa shape index (κ1) is 12.8. The van der Waals surface area contributed by atoms with Gasteiger partial charge in [-0.1, -0.05) is 6.07 Å². The number of hydrogen-bond acceptors (Lipinski definition) is 3. The molecule has 0 saturated carbocycles. The summed E-state index contributed by atoms with van der Waals surface area (Å²) in [7, 11) is 1.68. The zero-order valence-corrected chi connectivity index (χ0v) is 11.4. The van der Waals surface area contributed by atoms with Crippen LogP contribution in [0.2, 0.25) is 0 Å². The van der Waals surface area contributed by atoms with Gasteiger partial charge in [0.1, 0.15) is 11.6 Å². The van der Waals surface area contributed by atoms with E-state index < -0.39 is 0 Å². The van der Waals surface area contributed by atoms with Crippen LogP contribution in [0.15, 0.2) is 36.4 Å². The van der Waals surface area contributed by atoms with E-state index >= 15 is 0 Å². The number of fused-ring (bicyclic) bond motifs is 1. The molecule has 2 aromatic rings. The van der Waals surface area contributed by atoms with Gasteiger partial charge in [0.15, 0.2) is 0 Å². The fourth-order valence-electron chi connectivity index (χ4n) is 2.68. The molecule has 0 bridgehead atoms. The molecule has 0 radical (unpaired) electrons. The second kappa shape index (κ2) is 5.04. The first-order valence-electron chi connectivity index (χ1n) is 6.63. The summed E-state index contributed by atoms with van der Waals surface area (Å²) in [6.45, 7) is 1.66. The third kappa shape index (κ3) is 2.29. The van der Waals surface area contributed by atoms with E-state index in [0.717, 1.165) is 30.9 Å². The van der Waals surface area contributed by atoms with Crippen LogP contribution in [0.5, 0.6) is 5.75 Å². The first-order chi connectivity index (χ1) is 9.67. The van der Waals surface area contributed by atoms with Crippen LogP contribution in [0, 0.1) is 5.82 Å². The third-order valence-electron chi connectivity index (χ3n) is 3.76. The molecule has 104 valence electrons. The van der Waals surface area contributed by atoms with E-state index in [9.17, 15) is 4.39 Å². The van der Waals surface area contributed by atoms with Gasteiger partial charge in [-0.15, -0.1) is 0 Å². The van der Waals surface area contributed by atoms with E-state index in [0.29, 0.717) is 5.69 Å². The van der Waals surface area contributed by atoms with Crippen molar-refractivity contribution in [1.82, 2.24) is 0 Å². The smallest absolute Gasteiger partial charge is 0.125 e. The molecule has 0 aliphatic carbocycles. The number of anilines is 2. The fraction of sp³-hybridized carbons (Fsp3) is 0.250. The van der Waals surface area contributed by atoms with E-state index in [-0.39, 0.29) is 5.82 Å². The Bertz CT molecular complexity index is 642. The van der Waals surface area contributed by atoms with Gasteiger partial charge in [0.05, 0.1) is 18.5 Å². The Hall–Kier alpha value is -2.23. The van der Waals surface area contributed by atoms with Crippen molar-refractivity contribution in [3.8, 4) is 5.75 Å². The van der Waals surface area contributed by atoms with Crippen molar-refractivity contribution in [2.24, 2.45) is 0 Å². The Morgan fingerprint density at radius 2 is 2.00 bits per heavy atom. The minimum Gasteiger partial charge on any atom is -0.497 e. The van der Waals surface area contributed by atoms with Gasteiger partial charge in [-0.05, 0) is 47.9 Å². The highest BCUT2D eigenvalue weighted by Crippen LogP contribution is 2.30. The molecule has 2 N–H and O–H groups in total. The number of ether oxygens (including phenoxy) is 1. The predicted octanol–water partition coefficient (Wildman–Crippen LogP) is 2.98. The molecule has 0 spiro atoms. The lowest BCUT2D eigenvalue weighted by Crippen LogP contribution is -2.30. The Morgan fingerprint density at radius 3 is 2.75 bits per heavy atom. The van der Waals surface area contributed by atoms with Gasteiger partial charge in [-0.3, -0.25) is 0 Å². The Labute approximate surface area is 117 Å². The minimum atomic E-state index is -0.298. The second-order valence-electron chi connectivity index (χ2n) is 5.01. The number of halogens is 1. The highest BCUT2D eigenvalue weighted by Gasteiger charge is 2.18. The quantitative estimate of drug-likeness (QED) is 0.854. The van der Waals surface area contributed by atoms with Gasteiger partial charge in [-0.25, -0.2) is 4.39 Å². The van der Waals surface area contributed by atoms with E-state index in [1.54, 1.807) is 13.2 Å². The van der Waals surface area contributed by atoms with Crippen molar-refractivity contribution < 1.29 is 9.13 Å². The maximum Gasteiger partial charge on any atom is 0.125 e. The lowest BCUT2D eigenvalue weighted by atomic mass is 9.99. The third-order valence-corrected chi connectivity index (χ3v) is 3.76. The second-order valence-corrected chi connectivity index (χ2v) is 5.01. The van der Waals surface area contributed by atoms with E-state index in [1.165, 1.54) is 23.3 Å². The number of benzene rings is 2. The molecule has 0 unspecified atom stereocenters. The predicted molar refractivity (Wildman–Crippen MR) is 78.6 cm³/mol. The highest BCUT2D eigenvalue weighted by atomic mass is 19.1. The molecule has 2 aromatic carbocycles. The van der Waals surface area contributed by atoms with Gasteiger partial charge >= 0.3 is 0 Å². The topological polar surface area (TPSA) is 38.5 Å². The molecule has 3 nitrogen and oxygen atoms in total. The number of hydrogen-bond donors (Lipinski definition) is 1. The highest BCUT2D eigenvalue weighted by molar-refractivity contribution is 5.68. The van der Waals surface area contributed by atoms with Crippen LogP contribution in [0.25, 0.3) is 0 Å². The molecule has 0 saturated heterocycles. The first-order valence-corrected chi connectivity index (χ1v) is 6.63. The molecule has 20 heavy (non-hydrogen) atoms. The van der Waals surface area contributed by atoms with Gasteiger partial charge in [-0.2, -0.15) is 0 Å². The molecule has 3 rings (SSSR count). The van der Waals surface area contributed by atoms with Crippen molar-refractivity contribution in [3.05, 3.63) is 53.3 Å². The summed E-state index contributed by atoms with van der Waals surface area (Å²) < 4.78 is 18.4. The number of nitrogens with zero attached hydrogens (tertiary/aromatic N) is 1. The Kier molecular flexibility index (Phi) is 3.22. The molecule has 0 atom stereocenters. The standard InChI is InChI=1S/C16H17FN2O/c1-20-14-4-2-12-10-19(7-6-11(12)8-14)16-5-3-13(17)9-15(16)18/h2-5,8-9H,6-7,10,18H2,1H3. The maximum absolute atomic E-state index is 13.1. The van der Waals surface area contributed by atoms with Gasteiger partial charge < -0.3 is 15.4 Å². The van der Waals surface area contributed by atoms with Crippen LogP contribution in [0.1, 0.15) is 11.1 Å². The monoisotopic (exact) mass is 272 g/mol. The van der Waals surface area contributed by atoms with Crippen molar-refractivity contribution in [2.45, 2.75) is 13.0 Å². The fourth-order valence-corrected chi connectivity index (χ4v) is 2.68. The summed E-state index contributed by atoms with van der Waals surface area (Å²) in [5.74, 6) is 0.590. The number of nitrogens with two attached hydrogens (primary N) is 1. The molecule has 0 amide bonds. The molecular formula is C16H17FN2O. The van der Waals surface area contributed by atoms with Gasteiger partial charge in [0, 0.05) is 13.1 Å². The SMILES string of the molecule is COc1ccc2c(c1)CCN(c1ccc(F)cc1N)C2. The number of nitrogen functional groups attached to an aromatic ring is 1. The summed E-state index contributed by atoms with van der Waals surface area (Å²) in [6.07, 6.45) is 0.934. The lowest BCUT2D eigenvalue weighted by Gasteiger charge is -2.31. The summed E-state index contributed by atoms with van der Waals surface area (Å²) in [5, 5.41) is 0. The van der Waals surface area contributed by atoms with Crippen molar-refractivity contribution in [2.75, 3.05) is 24.3 Å². The average Bonchev–Trinajstić information content (AvgIpc) is 2.46. The molecule has 0 fully saturated rings. The lowest BCUT2D eigenvalue weighted by molar-refractivity contribution is 0.414. The molecule has 0 aromatic heterocycles. The molecule has 4 heteroatoms. The Balaban J connectivity index is 1.88. The van der Waals surface area contributed by atoms with Crippen molar-refractivity contribution >= 4 is 11.4 Å². The van der Waals surface area contributed by atoms with Crippen molar-refractivity contribution in [3.63, 3.8) is 0 Å². The maximum atomic E-state index is 13.1. The minimum absolute atomic E-state index is 0.298. The molecule has 1 aliphatic rings. The van der Waals surface area contributed by atoms with E-state index in [2.05, 4.69) is 17.0 Å². The molecule has 1 heterocycles. The normalized spacial score (nSPS) is 14.0. The van der Waals surface area contributed by atoms with Crippen molar-refractivity contribution in [1.29, 1.82) is 0 Å². The van der Waals surface area contributed by atoms with Crippen LogP contribution in [-0.4, -0.2) is 13.7 Å². The zero-order valence-electron chi connectivity index (χ0n) is 11.4. The van der Waals surface area contributed by atoms with Gasteiger partial charge in [0.25, 0.3) is 0 Å². The molecular weight excluding hydrogens is 255 g/mol. The van der Waals surface area contributed by atoms with Crippen LogP contribution in [0.3, 0.4) is 0 Å². The zero-order chi connectivity index (χ0) is 14.1. The summed E-state index contributed by atoms with van der Waals surface area (Å²) in [4.78, 5) is 2.18.